The van der Waals surface area contributed by atoms with Crippen LogP contribution in [0.3, 0.4) is 0 Å². The molecule has 1 aromatic rings. The third-order valence-electron chi connectivity index (χ3n) is 2.65. The number of hydrogen-bond acceptors (Lipinski definition) is 1. The van der Waals surface area contributed by atoms with Crippen molar-refractivity contribution < 1.29 is 9.90 Å². The van der Waals surface area contributed by atoms with Crippen LogP contribution in [0.15, 0.2) is 48.0 Å². The summed E-state index contributed by atoms with van der Waals surface area (Å²) >= 11 is 9.42. The van der Waals surface area contributed by atoms with Crippen LogP contribution >= 0.6 is 27.5 Å². The Balaban J connectivity index is 3.24. The number of rotatable bonds is 6. The van der Waals surface area contributed by atoms with Crippen molar-refractivity contribution in [2.45, 2.75) is 12.5 Å². The Kier molecular flexibility index (Phi) is 6.12. The summed E-state index contributed by atoms with van der Waals surface area (Å²) in [6, 6.07) is 4.97. The van der Waals surface area contributed by atoms with E-state index in [0.29, 0.717) is 11.4 Å². The van der Waals surface area contributed by atoms with Crippen molar-refractivity contribution in [2.24, 2.45) is 0 Å². The second kappa shape index (κ2) is 7.36. The molecule has 0 heterocycles. The fourth-order valence-electron chi connectivity index (χ4n) is 1.83. The van der Waals surface area contributed by atoms with Crippen molar-refractivity contribution in [1.29, 1.82) is 0 Å². The van der Waals surface area contributed by atoms with E-state index < -0.39 is 6.09 Å². The molecule has 0 saturated heterocycles. The maximum absolute atomic E-state index is 11.4. The normalized spacial score (nSPS) is 11.7. The number of hydrogen-bond donors (Lipinski definition) is 1. The van der Waals surface area contributed by atoms with Gasteiger partial charge in [0.25, 0.3) is 0 Å². The molecule has 1 amide bonds. The molecule has 0 aromatic heterocycles. The molecule has 1 rings (SSSR count). The minimum absolute atomic E-state index is 0.243. The first kappa shape index (κ1) is 15.8. The Labute approximate surface area is 126 Å². The van der Waals surface area contributed by atoms with Gasteiger partial charge >= 0.3 is 6.09 Å². The van der Waals surface area contributed by atoms with Crippen LogP contribution in [0.1, 0.15) is 18.0 Å². The Morgan fingerprint density at radius 1 is 1.47 bits per heavy atom. The van der Waals surface area contributed by atoms with Crippen LogP contribution in [-0.2, 0) is 0 Å². The first-order valence-corrected chi connectivity index (χ1v) is 6.84. The van der Waals surface area contributed by atoms with Crippen LogP contribution in [0.4, 0.5) is 4.79 Å². The lowest BCUT2D eigenvalue weighted by molar-refractivity contribution is 0.131. The quantitative estimate of drug-likeness (QED) is 0.747. The molecule has 1 aromatic carbocycles. The molecular weight excluding hydrogens is 330 g/mol. The van der Waals surface area contributed by atoms with Gasteiger partial charge in [-0.2, -0.15) is 0 Å². The number of benzene rings is 1. The number of nitrogens with zero attached hydrogens (tertiary/aromatic N) is 1. The van der Waals surface area contributed by atoms with Crippen LogP contribution in [0.2, 0.25) is 5.02 Å². The summed E-state index contributed by atoms with van der Waals surface area (Å²) in [4.78, 5) is 12.7. The second-order valence-electron chi connectivity index (χ2n) is 3.93. The number of halogens is 2. The molecule has 0 fully saturated rings. The lowest BCUT2D eigenvalue weighted by atomic mass is 10.0. The Morgan fingerprint density at radius 2 is 2.16 bits per heavy atom. The van der Waals surface area contributed by atoms with Gasteiger partial charge in [-0.15, -0.1) is 13.2 Å². The SMILES string of the molecule is C=CC[C@H](c1cc(Cl)ccc1Br)N(CC=C)C(=O)O. The molecule has 0 unspecified atom stereocenters. The first-order valence-electron chi connectivity index (χ1n) is 5.67. The number of amides is 1. The molecule has 0 aliphatic carbocycles. The van der Waals surface area contributed by atoms with E-state index in [2.05, 4.69) is 29.1 Å². The minimum Gasteiger partial charge on any atom is -0.465 e. The molecule has 0 saturated carbocycles. The highest BCUT2D eigenvalue weighted by Crippen LogP contribution is 2.33. The van der Waals surface area contributed by atoms with Crippen molar-refractivity contribution in [3.8, 4) is 0 Å². The van der Waals surface area contributed by atoms with Gasteiger partial charge in [0.05, 0.1) is 6.04 Å². The molecule has 3 nitrogen and oxygen atoms in total. The van der Waals surface area contributed by atoms with Crippen molar-refractivity contribution in [2.75, 3.05) is 6.54 Å². The van der Waals surface area contributed by atoms with Crippen LogP contribution in [0.5, 0.6) is 0 Å². The predicted molar refractivity (Wildman–Crippen MR) is 81.6 cm³/mol. The van der Waals surface area contributed by atoms with E-state index in [-0.39, 0.29) is 12.6 Å². The van der Waals surface area contributed by atoms with Crippen LogP contribution in [0.25, 0.3) is 0 Å². The lowest BCUT2D eigenvalue weighted by Crippen LogP contribution is -2.33. The zero-order chi connectivity index (χ0) is 14.4. The monoisotopic (exact) mass is 343 g/mol. The molecule has 1 N–H and O–H groups in total. The zero-order valence-electron chi connectivity index (χ0n) is 10.4. The molecular formula is C14H15BrClNO2. The van der Waals surface area contributed by atoms with Crippen molar-refractivity contribution >= 4 is 33.6 Å². The maximum Gasteiger partial charge on any atom is 0.408 e. The third kappa shape index (κ3) is 4.11. The van der Waals surface area contributed by atoms with Crippen LogP contribution < -0.4 is 0 Å². The molecule has 0 bridgehead atoms. The number of carboxylic acid groups (broad SMARTS) is 1. The summed E-state index contributed by atoms with van der Waals surface area (Å²) in [6.07, 6.45) is 2.75. The van der Waals surface area contributed by atoms with Gasteiger partial charge in [-0.1, -0.05) is 39.7 Å². The fraction of sp³-hybridized carbons (Fsp3) is 0.214. The highest BCUT2D eigenvalue weighted by atomic mass is 79.9. The van der Waals surface area contributed by atoms with Crippen molar-refractivity contribution in [3.63, 3.8) is 0 Å². The molecule has 1 atom stereocenters. The summed E-state index contributed by atoms with van der Waals surface area (Å²) < 4.78 is 0.819. The smallest absolute Gasteiger partial charge is 0.408 e. The van der Waals surface area contributed by atoms with Gasteiger partial charge in [0.1, 0.15) is 0 Å². The largest absolute Gasteiger partial charge is 0.465 e. The summed E-state index contributed by atoms with van der Waals surface area (Å²) in [7, 11) is 0. The van der Waals surface area contributed by atoms with Crippen molar-refractivity contribution in [3.05, 3.63) is 58.6 Å². The second-order valence-corrected chi connectivity index (χ2v) is 5.22. The van der Waals surface area contributed by atoms with Crippen molar-refractivity contribution in [1.82, 2.24) is 4.90 Å². The van der Waals surface area contributed by atoms with E-state index >= 15 is 0 Å². The first-order chi connectivity index (χ1) is 9.01. The molecule has 0 spiro atoms. The fourth-order valence-corrected chi connectivity index (χ4v) is 2.52. The number of carbonyl (C=O) groups is 1. The van der Waals surface area contributed by atoms with E-state index in [9.17, 15) is 9.90 Å². The van der Waals surface area contributed by atoms with E-state index in [1.165, 1.54) is 4.90 Å². The summed E-state index contributed by atoms with van der Waals surface area (Å²) in [5.41, 5.74) is 0.816. The molecule has 102 valence electrons. The van der Waals surface area contributed by atoms with Gasteiger partial charge in [0.15, 0.2) is 0 Å². The van der Waals surface area contributed by atoms with E-state index in [0.717, 1.165) is 10.0 Å². The average Bonchev–Trinajstić information content (AvgIpc) is 2.36. The van der Waals surface area contributed by atoms with E-state index in [4.69, 9.17) is 11.6 Å². The highest BCUT2D eigenvalue weighted by molar-refractivity contribution is 9.10. The summed E-state index contributed by atoms with van der Waals surface area (Å²) in [5, 5.41) is 9.88. The predicted octanol–water partition coefficient (Wildman–Crippen LogP) is 4.89. The highest BCUT2D eigenvalue weighted by Gasteiger charge is 2.24. The van der Waals surface area contributed by atoms with Gasteiger partial charge in [-0.25, -0.2) is 4.79 Å². The molecule has 5 heteroatoms. The van der Waals surface area contributed by atoms with Gasteiger partial charge in [0, 0.05) is 16.0 Å². The lowest BCUT2D eigenvalue weighted by Gasteiger charge is -2.29. The van der Waals surface area contributed by atoms with Crippen LogP contribution in [-0.4, -0.2) is 22.6 Å². The summed E-state index contributed by atoms with van der Waals surface area (Å²) in [6.45, 7) is 7.52. The van der Waals surface area contributed by atoms with Crippen LogP contribution in [0, 0.1) is 0 Å². The molecule has 0 radical (unpaired) electrons. The molecule has 0 aliphatic heterocycles. The third-order valence-corrected chi connectivity index (χ3v) is 3.61. The van der Waals surface area contributed by atoms with E-state index in [1.807, 2.05) is 6.07 Å². The molecule has 19 heavy (non-hydrogen) atoms. The van der Waals surface area contributed by atoms with Gasteiger partial charge in [-0.3, -0.25) is 4.90 Å². The Morgan fingerprint density at radius 3 is 2.68 bits per heavy atom. The standard InChI is InChI=1S/C14H15BrClNO2/c1-3-5-13(17(8-4-2)14(18)19)11-9-10(16)6-7-12(11)15/h3-4,6-7,9,13H,1-2,5,8H2,(H,18,19)/t13-/m1/s1. The topological polar surface area (TPSA) is 40.5 Å². The zero-order valence-corrected chi connectivity index (χ0v) is 12.7. The maximum atomic E-state index is 11.4. The summed E-state index contributed by atoms with van der Waals surface area (Å²) in [5.74, 6) is 0. The average molecular weight is 345 g/mol. The van der Waals surface area contributed by atoms with E-state index in [1.54, 1.807) is 24.3 Å². The van der Waals surface area contributed by atoms with Gasteiger partial charge in [0.2, 0.25) is 0 Å². The van der Waals surface area contributed by atoms with Gasteiger partial charge in [-0.05, 0) is 30.2 Å². The van der Waals surface area contributed by atoms with Gasteiger partial charge < -0.3 is 5.11 Å². The minimum atomic E-state index is -1.00. The Hall–Kier alpha value is -1.26. The molecule has 0 aliphatic rings. The Bertz CT molecular complexity index is 490.